The van der Waals surface area contributed by atoms with Crippen molar-refractivity contribution >= 4 is 31.6 Å². The lowest BCUT2D eigenvalue weighted by atomic mass is 10.2. The van der Waals surface area contributed by atoms with Crippen molar-refractivity contribution in [3.8, 4) is 0 Å². The fourth-order valence-electron chi connectivity index (χ4n) is 1.55. The minimum Gasteiger partial charge on any atom is -0.279 e. The van der Waals surface area contributed by atoms with Crippen molar-refractivity contribution in [2.75, 3.05) is 4.72 Å². The van der Waals surface area contributed by atoms with Crippen LogP contribution in [-0.2, 0) is 10.0 Å². The number of rotatable bonds is 3. The van der Waals surface area contributed by atoms with Gasteiger partial charge < -0.3 is 0 Å². The number of aryl methyl sites for hydroxylation is 1. The highest BCUT2D eigenvalue weighted by molar-refractivity contribution is 9.10. The van der Waals surface area contributed by atoms with Gasteiger partial charge in [0, 0.05) is 4.47 Å². The van der Waals surface area contributed by atoms with Crippen LogP contribution < -0.4 is 4.72 Å². The van der Waals surface area contributed by atoms with Gasteiger partial charge in [-0.3, -0.25) is 4.72 Å². The quantitative estimate of drug-likeness (QED) is 0.902. The highest BCUT2D eigenvalue weighted by atomic mass is 79.9. The topological polar surface area (TPSA) is 46.2 Å². The number of nitrogens with one attached hydrogen (secondary N) is 1. The number of anilines is 1. The van der Waals surface area contributed by atoms with E-state index in [-0.39, 0.29) is 4.90 Å². The third-order valence-corrected chi connectivity index (χ3v) is 4.50. The van der Waals surface area contributed by atoms with E-state index in [0.29, 0.717) is 21.8 Å². The van der Waals surface area contributed by atoms with Crippen molar-refractivity contribution in [3.63, 3.8) is 0 Å². The highest BCUT2D eigenvalue weighted by Crippen LogP contribution is 2.24. The monoisotopic (exact) mass is 361 g/mol. The van der Waals surface area contributed by atoms with Crippen LogP contribution >= 0.6 is 15.9 Å². The average Bonchev–Trinajstić information content (AvgIpc) is 2.36. The van der Waals surface area contributed by atoms with Crippen LogP contribution in [0.25, 0.3) is 0 Å². The standard InChI is InChI=1S/C13H10BrF2NO2S/c1-8-2-3-9(14)6-13(8)17-20(18,19)10-4-5-11(15)12(16)7-10/h2-7,17H,1H3. The Morgan fingerprint density at radius 3 is 2.40 bits per heavy atom. The van der Waals surface area contributed by atoms with Gasteiger partial charge in [0.1, 0.15) is 0 Å². The van der Waals surface area contributed by atoms with E-state index >= 15 is 0 Å². The van der Waals surface area contributed by atoms with Crippen molar-refractivity contribution in [3.05, 3.63) is 58.1 Å². The smallest absolute Gasteiger partial charge is 0.262 e. The number of halogens is 3. The summed E-state index contributed by atoms with van der Waals surface area (Å²) in [6.45, 7) is 1.73. The average molecular weight is 362 g/mol. The molecule has 0 fully saturated rings. The summed E-state index contributed by atoms with van der Waals surface area (Å²) in [6.07, 6.45) is 0. The number of benzene rings is 2. The van der Waals surface area contributed by atoms with Crippen molar-refractivity contribution < 1.29 is 17.2 Å². The molecule has 0 aliphatic rings. The minimum atomic E-state index is -3.97. The van der Waals surface area contributed by atoms with Crippen molar-refractivity contribution in [2.24, 2.45) is 0 Å². The summed E-state index contributed by atoms with van der Waals surface area (Å²) in [4.78, 5) is -0.337. The van der Waals surface area contributed by atoms with Crippen LogP contribution in [-0.4, -0.2) is 8.42 Å². The van der Waals surface area contributed by atoms with E-state index in [4.69, 9.17) is 0 Å². The van der Waals surface area contributed by atoms with Gasteiger partial charge in [-0.05, 0) is 42.8 Å². The summed E-state index contributed by atoms with van der Waals surface area (Å²) >= 11 is 3.24. The molecule has 0 aromatic heterocycles. The van der Waals surface area contributed by atoms with Crippen LogP contribution in [0.4, 0.5) is 14.5 Å². The Bertz CT molecular complexity index is 763. The lowest BCUT2D eigenvalue weighted by Gasteiger charge is -2.11. The Balaban J connectivity index is 2.40. The molecule has 3 nitrogen and oxygen atoms in total. The van der Waals surface area contributed by atoms with E-state index in [9.17, 15) is 17.2 Å². The third kappa shape index (κ3) is 3.16. The maximum Gasteiger partial charge on any atom is 0.262 e. The molecule has 0 amide bonds. The molecule has 0 aliphatic carbocycles. The first-order valence-electron chi connectivity index (χ1n) is 5.53. The molecule has 20 heavy (non-hydrogen) atoms. The zero-order valence-electron chi connectivity index (χ0n) is 10.3. The summed E-state index contributed by atoms with van der Waals surface area (Å²) in [5.74, 6) is -2.30. The SMILES string of the molecule is Cc1ccc(Br)cc1NS(=O)(=O)c1ccc(F)c(F)c1. The maximum absolute atomic E-state index is 13.1. The molecule has 106 valence electrons. The summed E-state index contributed by atoms with van der Waals surface area (Å²) in [5.41, 5.74) is 1.07. The van der Waals surface area contributed by atoms with E-state index < -0.39 is 21.7 Å². The van der Waals surface area contributed by atoms with Crippen molar-refractivity contribution in [2.45, 2.75) is 11.8 Å². The Hall–Kier alpha value is -1.47. The molecule has 0 atom stereocenters. The highest BCUT2D eigenvalue weighted by Gasteiger charge is 2.17. The Morgan fingerprint density at radius 2 is 1.75 bits per heavy atom. The zero-order valence-corrected chi connectivity index (χ0v) is 12.7. The Morgan fingerprint density at radius 1 is 1.05 bits per heavy atom. The molecule has 0 unspecified atom stereocenters. The molecule has 2 aromatic carbocycles. The van der Waals surface area contributed by atoms with Crippen LogP contribution in [0.1, 0.15) is 5.56 Å². The van der Waals surface area contributed by atoms with Gasteiger partial charge >= 0.3 is 0 Å². The second kappa shape index (κ2) is 5.49. The van der Waals surface area contributed by atoms with E-state index in [1.165, 1.54) is 0 Å². The molecule has 2 rings (SSSR count). The molecular weight excluding hydrogens is 352 g/mol. The first-order chi connectivity index (χ1) is 9.29. The first kappa shape index (κ1) is 14.9. The maximum atomic E-state index is 13.1. The number of hydrogen-bond donors (Lipinski definition) is 1. The zero-order chi connectivity index (χ0) is 14.9. The summed E-state index contributed by atoms with van der Waals surface area (Å²) in [5, 5.41) is 0. The molecule has 0 bridgehead atoms. The Labute approximate surface area is 123 Å². The normalized spacial score (nSPS) is 11.4. The molecule has 0 saturated heterocycles. The minimum absolute atomic E-state index is 0.337. The summed E-state index contributed by atoms with van der Waals surface area (Å²) in [7, 11) is -3.97. The van der Waals surface area contributed by atoms with Crippen LogP contribution in [0.15, 0.2) is 45.8 Å². The van der Waals surface area contributed by atoms with Gasteiger partial charge in [-0.25, -0.2) is 17.2 Å². The van der Waals surface area contributed by atoms with Gasteiger partial charge in [0.05, 0.1) is 10.6 Å². The summed E-state index contributed by atoms with van der Waals surface area (Å²) < 4.78 is 53.2. The van der Waals surface area contributed by atoms with Crippen LogP contribution in [0.5, 0.6) is 0 Å². The lowest BCUT2D eigenvalue weighted by molar-refractivity contribution is 0.504. The van der Waals surface area contributed by atoms with E-state index in [1.807, 2.05) is 0 Å². The molecule has 0 radical (unpaired) electrons. The fourth-order valence-corrected chi connectivity index (χ4v) is 3.05. The second-order valence-electron chi connectivity index (χ2n) is 4.14. The number of hydrogen-bond acceptors (Lipinski definition) is 2. The molecule has 0 aliphatic heterocycles. The van der Waals surface area contributed by atoms with Gasteiger partial charge in [-0.15, -0.1) is 0 Å². The molecule has 2 aromatic rings. The van der Waals surface area contributed by atoms with Gasteiger partial charge in [-0.2, -0.15) is 0 Å². The first-order valence-corrected chi connectivity index (χ1v) is 7.81. The van der Waals surface area contributed by atoms with Crippen LogP contribution in [0, 0.1) is 18.6 Å². The van der Waals surface area contributed by atoms with E-state index in [0.717, 1.165) is 12.1 Å². The number of sulfonamides is 1. The van der Waals surface area contributed by atoms with Gasteiger partial charge in [0.25, 0.3) is 10.0 Å². The molecule has 0 heterocycles. The predicted molar refractivity (Wildman–Crippen MR) is 76.0 cm³/mol. The van der Waals surface area contributed by atoms with Gasteiger partial charge in [-0.1, -0.05) is 22.0 Å². The third-order valence-electron chi connectivity index (χ3n) is 2.65. The van der Waals surface area contributed by atoms with Gasteiger partial charge in [0.2, 0.25) is 0 Å². The van der Waals surface area contributed by atoms with Crippen molar-refractivity contribution in [1.82, 2.24) is 0 Å². The molecule has 1 N–H and O–H groups in total. The Kier molecular flexibility index (Phi) is 4.10. The van der Waals surface area contributed by atoms with Crippen molar-refractivity contribution in [1.29, 1.82) is 0 Å². The van der Waals surface area contributed by atoms with E-state index in [1.54, 1.807) is 25.1 Å². The van der Waals surface area contributed by atoms with Gasteiger partial charge in [0.15, 0.2) is 11.6 Å². The molecular formula is C13H10BrF2NO2S. The molecule has 0 saturated carbocycles. The molecule has 0 spiro atoms. The van der Waals surface area contributed by atoms with E-state index in [2.05, 4.69) is 20.7 Å². The second-order valence-corrected chi connectivity index (χ2v) is 6.74. The fraction of sp³-hybridized carbons (Fsp3) is 0.0769. The predicted octanol–water partition coefficient (Wildman–Crippen LogP) is 3.84. The lowest BCUT2D eigenvalue weighted by Crippen LogP contribution is -2.14. The van der Waals surface area contributed by atoms with Crippen LogP contribution in [0.3, 0.4) is 0 Å². The summed E-state index contributed by atoms with van der Waals surface area (Å²) in [6, 6.07) is 7.52. The largest absolute Gasteiger partial charge is 0.279 e. The molecule has 7 heteroatoms. The van der Waals surface area contributed by atoms with Crippen LogP contribution in [0.2, 0.25) is 0 Å².